The Balaban J connectivity index is 1.83. The summed E-state index contributed by atoms with van der Waals surface area (Å²) in [4.78, 5) is 4.92. The average molecular weight is 331 g/mol. The number of rotatable bonds is 3. The number of nitrogens with one attached hydrogen (secondary N) is 1. The van der Waals surface area contributed by atoms with Crippen LogP contribution in [0, 0.1) is 0 Å². The third kappa shape index (κ3) is 2.75. The number of aromatic nitrogens is 1. The first kappa shape index (κ1) is 15.1. The van der Waals surface area contributed by atoms with E-state index in [1.165, 1.54) is 0 Å². The number of fused-ring (bicyclic) bond motifs is 1. The van der Waals surface area contributed by atoms with Crippen LogP contribution in [0.5, 0.6) is 0 Å². The zero-order valence-electron chi connectivity index (χ0n) is 13.0. The van der Waals surface area contributed by atoms with Crippen molar-refractivity contribution in [3.63, 3.8) is 0 Å². The molecule has 1 saturated heterocycles. The Labute approximate surface area is 136 Å². The molecule has 2 heterocycles. The lowest BCUT2D eigenvalue weighted by atomic mass is 10.1. The minimum Gasteiger partial charge on any atom is -0.315 e. The van der Waals surface area contributed by atoms with Gasteiger partial charge in [-0.1, -0.05) is 12.1 Å². The second-order valence-electron chi connectivity index (χ2n) is 6.33. The molecule has 2 fully saturated rings. The Morgan fingerprint density at radius 1 is 1.09 bits per heavy atom. The summed E-state index contributed by atoms with van der Waals surface area (Å²) in [6, 6.07) is 7.41. The molecule has 0 atom stereocenters. The molecule has 1 aromatic heterocycles. The molecular formula is C17H21N3O2S. The zero-order valence-corrected chi connectivity index (χ0v) is 13.8. The monoisotopic (exact) mass is 331 g/mol. The fourth-order valence-corrected chi connectivity index (χ4v) is 4.99. The first-order chi connectivity index (χ1) is 11.2. The minimum absolute atomic E-state index is 0.418. The third-order valence-corrected chi connectivity index (χ3v) is 6.63. The third-order valence-electron chi connectivity index (χ3n) is 4.68. The number of sulfonamides is 1. The molecular weight excluding hydrogens is 310 g/mol. The molecule has 2 aromatic rings. The quantitative estimate of drug-likeness (QED) is 0.935. The van der Waals surface area contributed by atoms with Gasteiger partial charge in [-0.05, 0) is 37.9 Å². The van der Waals surface area contributed by atoms with Crippen molar-refractivity contribution >= 4 is 20.8 Å². The van der Waals surface area contributed by atoms with E-state index in [-0.39, 0.29) is 0 Å². The van der Waals surface area contributed by atoms with Gasteiger partial charge < -0.3 is 5.32 Å². The van der Waals surface area contributed by atoms with Crippen LogP contribution in [-0.4, -0.2) is 43.9 Å². The van der Waals surface area contributed by atoms with Gasteiger partial charge in [0.2, 0.25) is 10.0 Å². The number of nitrogens with zero attached hydrogens (tertiary/aromatic N) is 2. The minimum atomic E-state index is -3.47. The van der Waals surface area contributed by atoms with E-state index in [0.717, 1.165) is 42.3 Å². The highest BCUT2D eigenvalue weighted by molar-refractivity contribution is 7.89. The standard InChI is InChI=1S/C17H21N3O2S/c21-23(22,20-11-2-8-18-10-12-20)16-4-1-3-15-14(16)7-9-19-17(15)13-5-6-13/h1,3-4,7,9,13,18H,2,5-6,8,10-12H2. The van der Waals surface area contributed by atoms with Gasteiger partial charge in [-0.25, -0.2) is 8.42 Å². The van der Waals surface area contributed by atoms with E-state index in [9.17, 15) is 8.42 Å². The van der Waals surface area contributed by atoms with Crippen molar-refractivity contribution in [3.8, 4) is 0 Å². The first-order valence-corrected chi connectivity index (χ1v) is 9.70. The van der Waals surface area contributed by atoms with Crippen LogP contribution in [0.3, 0.4) is 0 Å². The molecule has 2 aliphatic rings. The summed E-state index contributed by atoms with van der Waals surface area (Å²) in [5, 5.41) is 5.05. The summed E-state index contributed by atoms with van der Waals surface area (Å²) in [7, 11) is -3.47. The Morgan fingerprint density at radius 2 is 1.96 bits per heavy atom. The topological polar surface area (TPSA) is 62.3 Å². The predicted octanol–water partition coefficient (Wildman–Crippen LogP) is 2.10. The predicted molar refractivity (Wildman–Crippen MR) is 90.0 cm³/mol. The van der Waals surface area contributed by atoms with Crippen LogP contribution in [0.2, 0.25) is 0 Å². The van der Waals surface area contributed by atoms with E-state index in [1.807, 2.05) is 18.2 Å². The highest BCUT2D eigenvalue weighted by Gasteiger charge is 2.30. The molecule has 1 aliphatic heterocycles. The van der Waals surface area contributed by atoms with Crippen LogP contribution in [-0.2, 0) is 10.0 Å². The van der Waals surface area contributed by atoms with Gasteiger partial charge >= 0.3 is 0 Å². The van der Waals surface area contributed by atoms with E-state index in [4.69, 9.17) is 0 Å². The second kappa shape index (κ2) is 5.85. The number of hydrogen-bond donors (Lipinski definition) is 1. The largest absolute Gasteiger partial charge is 0.315 e. The van der Waals surface area contributed by atoms with Gasteiger partial charge in [-0.15, -0.1) is 0 Å². The molecule has 0 radical (unpaired) electrons. The lowest BCUT2D eigenvalue weighted by molar-refractivity contribution is 0.432. The highest BCUT2D eigenvalue weighted by atomic mass is 32.2. The summed E-state index contributed by atoms with van der Waals surface area (Å²) in [6.45, 7) is 2.68. The fraction of sp³-hybridized carbons (Fsp3) is 0.471. The number of pyridine rings is 1. The van der Waals surface area contributed by atoms with E-state index in [0.29, 0.717) is 30.4 Å². The van der Waals surface area contributed by atoms with Crippen LogP contribution in [0.1, 0.15) is 30.9 Å². The van der Waals surface area contributed by atoms with Crippen LogP contribution >= 0.6 is 0 Å². The molecule has 5 nitrogen and oxygen atoms in total. The molecule has 0 bridgehead atoms. The van der Waals surface area contributed by atoms with Crippen molar-refractivity contribution in [2.45, 2.75) is 30.1 Å². The first-order valence-electron chi connectivity index (χ1n) is 8.26. The lowest BCUT2D eigenvalue weighted by Crippen LogP contribution is -2.34. The molecule has 1 aromatic carbocycles. The van der Waals surface area contributed by atoms with E-state index < -0.39 is 10.0 Å². The molecule has 1 saturated carbocycles. The molecule has 0 amide bonds. The summed E-state index contributed by atoms with van der Waals surface area (Å²) in [5.41, 5.74) is 1.05. The van der Waals surface area contributed by atoms with E-state index in [1.54, 1.807) is 16.6 Å². The lowest BCUT2D eigenvalue weighted by Gasteiger charge is -2.21. The van der Waals surface area contributed by atoms with Gasteiger partial charge in [-0.2, -0.15) is 4.31 Å². The summed E-state index contributed by atoms with van der Waals surface area (Å²) >= 11 is 0. The smallest absolute Gasteiger partial charge is 0.243 e. The molecule has 1 aliphatic carbocycles. The fourth-order valence-electron chi connectivity index (χ4n) is 3.31. The maximum Gasteiger partial charge on any atom is 0.243 e. The molecule has 4 rings (SSSR count). The van der Waals surface area contributed by atoms with Crippen LogP contribution in [0.15, 0.2) is 35.4 Å². The molecule has 0 unspecified atom stereocenters. The van der Waals surface area contributed by atoms with E-state index in [2.05, 4.69) is 10.3 Å². The van der Waals surface area contributed by atoms with Gasteiger partial charge in [0.05, 0.1) is 10.6 Å². The normalized spacial score (nSPS) is 20.5. The summed E-state index contributed by atoms with van der Waals surface area (Å²) in [5.74, 6) is 0.499. The molecule has 122 valence electrons. The van der Waals surface area contributed by atoms with Gasteiger partial charge in [0.15, 0.2) is 0 Å². The SMILES string of the molecule is O=S(=O)(c1cccc2c(C3CC3)nccc12)N1CCCNCC1. The summed E-state index contributed by atoms with van der Waals surface area (Å²) in [6.07, 6.45) is 4.90. The van der Waals surface area contributed by atoms with Gasteiger partial charge in [0, 0.05) is 42.5 Å². The second-order valence-corrected chi connectivity index (χ2v) is 8.24. The van der Waals surface area contributed by atoms with Crippen molar-refractivity contribution < 1.29 is 8.42 Å². The van der Waals surface area contributed by atoms with E-state index >= 15 is 0 Å². The Hall–Kier alpha value is -1.50. The average Bonchev–Trinajstić information content (AvgIpc) is 3.40. The number of benzene rings is 1. The van der Waals surface area contributed by atoms with Crippen molar-refractivity contribution in [1.29, 1.82) is 0 Å². The Bertz CT molecular complexity index is 823. The maximum atomic E-state index is 13.1. The van der Waals surface area contributed by atoms with Crippen LogP contribution < -0.4 is 5.32 Å². The van der Waals surface area contributed by atoms with Crippen molar-refractivity contribution in [2.75, 3.05) is 26.2 Å². The zero-order chi connectivity index (χ0) is 15.9. The highest BCUT2D eigenvalue weighted by Crippen LogP contribution is 2.42. The van der Waals surface area contributed by atoms with Crippen molar-refractivity contribution in [3.05, 3.63) is 36.2 Å². The summed E-state index contributed by atoms with van der Waals surface area (Å²) < 4.78 is 27.9. The van der Waals surface area contributed by atoms with Crippen LogP contribution in [0.4, 0.5) is 0 Å². The molecule has 1 N–H and O–H groups in total. The van der Waals surface area contributed by atoms with Crippen LogP contribution in [0.25, 0.3) is 10.8 Å². The van der Waals surface area contributed by atoms with Crippen molar-refractivity contribution in [2.24, 2.45) is 0 Å². The van der Waals surface area contributed by atoms with Crippen molar-refractivity contribution in [1.82, 2.24) is 14.6 Å². The molecule has 0 spiro atoms. The Morgan fingerprint density at radius 3 is 2.78 bits per heavy atom. The molecule has 23 heavy (non-hydrogen) atoms. The molecule has 6 heteroatoms. The van der Waals surface area contributed by atoms with Gasteiger partial charge in [-0.3, -0.25) is 4.98 Å². The van der Waals surface area contributed by atoms with Gasteiger partial charge in [0.1, 0.15) is 0 Å². The number of hydrogen-bond acceptors (Lipinski definition) is 4. The maximum absolute atomic E-state index is 13.1. The van der Waals surface area contributed by atoms with Gasteiger partial charge in [0.25, 0.3) is 0 Å². The Kier molecular flexibility index (Phi) is 3.83.